The van der Waals surface area contributed by atoms with Crippen LogP contribution in [0.3, 0.4) is 0 Å². The number of amides is 1. The number of morpholine rings is 1. The summed E-state index contributed by atoms with van der Waals surface area (Å²) in [4.78, 5) is 17.0. The highest BCUT2D eigenvalue weighted by Crippen LogP contribution is 2.24. The Morgan fingerprint density at radius 2 is 1.82 bits per heavy atom. The number of imidazole rings is 1. The molecule has 180 valence electrons. The molecule has 0 unspecified atom stereocenters. The maximum Gasteiger partial charge on any atom is 0.271 e. The second kappa shape index (κ2) is 10.2. The molecule has 34 heavy (non-hydrogen) atoms. The van der Waals surface area contributed by atoms with Gasteiger partial charge in [0.05, 0.1) is 32.3 Å². The van der Waals surface area contributed by atoms with Crippen LogP contribution in [-0.2, 0) is 21.3 Å². The van der Waals surface area contributed by atoms with Crippen molar-refractivity contribution in [2.24, 2.45) is 0 Å². The standard InChI is InChI=1S/C23H26N4O6S/c1-31-19-6-3-17(22(13-19)32-2)14-24-23(28)21-15-26(16-25-21)18-4-7-20(8-5-18)34(29,30)27-9-11-33-12-10-27/h3-8,13,15-16H,9-12,14H2,1-2H3,(H,24,28). The Morgan fingerprint density at radius 3 is 2.50 bits per heavy atom. The first-order chi connectivity index (χ1) is 16.4. The van der Waals surface area contributed by atoms with Crippen LogP contribution in [0, 0.1) is 0 Å². The number of benzene rings is 2. The van der Waals surface area contributed by atoms with Crippen LogP contribution in [-0.4, -0.2) is 68.7 Å². The number of nitrogens with one attached hydrogen (secondary N) is 1. The van der Waals surface area contributed by atoms with Crippen molar-refractivity contribution in [3.63, 3.8) is 0 Å². The molecule has 1 aromatic heterocycles. The van der Waals surface area contributed by atoms with Crippen molar-refractivity contribution < 1.29 is 27.4 Å². The number of hydrogen-bond acceptors (Lipinski definition) is 7. The summed E-state index contributed by atoms with van der Waals surface area (Å²) in [7, 11) is -0.440. The molecule has 2 aromatic carbocycles. The Balaban J connectivity index is 1.42. The number of sulfonamides is 1. The first-order valence-electron chi connectivity index (χ1n) is 10.6. The van der Waals surface area contributed by atoms with E-state index in [1.54, 1.807) is 61.4 Å². The molecule has 4 rings (SSSR count). The molecular weight excluding hydrogens is 460 g/mol. The lowest BCUT2D eigenvalue weighted by atomic mass is 10.2. The molecule has 0 atom stereocenters. The van der Waals surface area contributed by atoms with Crippen LogP contribution in [0.1, 0.15) is 16.1 Å². The molecule has 1 fully saturated rings. The third kappa shape index (κ3) is 5.06. The molecular formula is C23H26N4O6S. The largest absolute Gasteiger partial charge is 0.497 e. The predicted octanol–water partition coefficient (Wildman–Crippen LogP) is 1.84. The number of ether oxygens (including phenoxy) is 3. The number of nitrogens with zero attached hydrogens (tertiary/aromatic N) is 3. The van der Waals surface area contributed by atoms with Gasteiger partial charge in [-0.2, -0.15) is 4.31 Å². The van der Waals surface area contributed by atoms with Gasteiger partial charge in [-0.3, -0.25) is 4.79 Å². The number of methoxy groups -OCH3 is 2. The van der Waals surface area contributed by atoms with E-state index < -0.39 is 10.0 Å². The summed E-state index contributed by atoms with van der Waals surface area (Å²) in [6, 6.07) is 11.8. The Labute approximate surface area is 198 Å². The van der Waals surface area contributed by atoms with Crippen LogP contribution in [0.25, 0.3) is 5.69 Å². The summed E-state index contributed by atoms with van der Waals surface area (Å²) >= 11 is 0. The number of rotatable bonds is 8. The Hall–Kier alpha value is -3.41. The SMILES string of the molecule is COc1ccc(CNC(=O)c2cn(-c3ccc(S(=O)(=O)N4CCOCC4)cc3)cn2)c(OC)c1. The van der Waals surface area contributed by atoms with E-state index in [1.807, 2.05) is 6.07 Å². The Morgan fingerprint density at radius 1 is 1.09 bits per heavy atom. The minimum atomic E-state index is -3.57. The van der Waals surface area contributed by atoms with Crippen LogP contribution >= 0.6 is 0 Å². The Bertz CT molecular complexity index is 1250. The molecule has 0 bridgehead atoms. The van der Waals surface area contributed by atoms with Crippen molar-refractivity contribution in [3.05, 3.63) is 66.2 Å². The molecule has 10 nitrogen and oxygen atoms in total. The fourth-order valence-electron chi connectivity index (χ4n) is 3.57. The highest BCUT2D eigenvalue weighted by Gasteiger charge is 2.26. The van der Waals surface area contributed by atoms with Gasteiger partial charge in [0.1, 0.15) is 23.5 Å². The lowest BCUT2D eigenvalue weighted by molar-refractivity contribution is 0.0730. The van der Waals surface area contributed by atoms with Gasteiger partial charge >= 0.3 is 0 Å². The third-order valence-corrected chi connectivity index (χ3v) is 7.40. The van der Waals surface area contributed by atoms with Crippen molar-refractivity contribution in [3.8, 4) is 17.2 Å². The van der Waals surface area contributed by atoms with E-state index in [0.29, 0.717) is 43.5 Å². The van der Waals surface area contributed by atoms with Crippen LogP contribution in [0.2, 0.25) is 0 Å². The summed E-state index contributed by atoms with van der Waals surface area (Å²) in [5.41, 5.74) is 1.72. The van der Waals surface area contributed by atoms with Crippen molar-refractivity contribution in [1.29, 1.82) is 0 Å². The van der Waals surface area contributed by atoms with E-state index in [-0.39, 0.29) is 23.0 Å². The van der Waals surface area contributed by atoms with E-state index in [2.05, 4.69) is 10.3 Å². The van der Waals surface area contributed by atoms with Gasteiger partial charge in [-0.1, -0.05) is 0 Å². The molecule has 1 N–H and O–H groups in total. The van der Waals surface area contributed by atoms with E-state index in [9.17, 15) is 13.2 Å². The number of aromatic nitrogens is 2. The van der Waals surface area contributed by atoms with Crippen LogP contribution < -0.4 is 14.8 Å². The maximum atomic E-state index is 12.8. The summed E-state index contributed by atoms with van der Waals surface area (Å²) in [6.45, 7) is 1.72. The molecule has 0 radical (unpaired) electrons. The van der Waals surface area contributed by atoms with Gasteiger partial charge in [-0.05, 0) is 36.4 Å². The molecule has 3 aromatic rings. The van der Waals surface area contributed by atoms with Gasteiger partial charge in [0.15, 0.2) is 0 Å². The average Bonchev–Trinajstić information content (AvgIpc) is 3.38. The zero-order valence-electron chi connectivity index (χ0n) is 18.9. The molecule has 0 aliphatic carbocycles. The van der Waals surface area contributed by atoms with Gasteiger partial charge in [-0.25, -0.2) is 13.4 Å². The van der Waals surface area contributed by atoms with Gasteiger partial charge in [-0.15, -0.1) is 0 Å². The highest BCUT2D eigenvalue weighted by molar-refractivity contribution is 7.89. The first-order valence-corrected chi connectivity index (χ1v) is 12.1. The summed E-state index contributed by atoms with van der Waals surface area (Å²) in [5.74, 6) is 0.926. The minimum Gasteiger partial charge on any atom is -0.497 e. The molecule has 1 aliphatic rings. The quantitative estimate of drug-likeness (QED) is 0.517. The molecule has 1 saturated heterocycles. The van der Waals surface area contributed by atoms with Gasteiger partial charge in [0.25, 0.3) is 5.91 Å². The van der Waals surface area contributed by atoms with Crippen molar-refractivity contribution in [2.45, 2.75) is 11.4 Å². The van der Waals surface area contributed by atoms with Gasteiger partial charge < -0.3 is 24.1 Å². The second-order valence-corrected chi connectivity index (χ2v) is 9.47. The zero-order chi connectivity index (χ0) is 24.1. The van der Waals surface area contributed by atoms with Gasteiger partial charge in [0.2, 0.25) is 10.0 Å². The number of carbonyl (C=O) groups is 1. The monoisotopic (exact) mass is 486 g/mol. The molecule has 0 spiro atoms. The third-order valence-electron chi connectivity index (χ3n) is 5.49. The van der Waals surface area contributed by atoms with Crippen LogP contribution in [0.5, 0.6) is 11.5 Å². The summed E-state index contributed by atoms with van der Waals surface area (Å²) < 4.78 is 44.4. The second-order valence-electron chi connectivity index (χ2n) is 7.54. The van der Waals surface area contributed by atoms with E-state index >= 15 is 0 Å². The average molecular weight is 487 g/mol. The number of hydrogen-bond donors (Lipinski definition) is 1. The summed E-state index contributed by atoms with van der Waals surface area (Å²) in [6.07, 6.45) is 3.10. The smallest absolute Gasteiger partial charge is 0.271 e. The lowest BCUT2D eigenvalue weighted by Crippen LogP contribution is -2.40. The molecule has 1 amide bonds. The van der Waals surface area contributed by atoms with Crippen molar-refractivity contribution in [2.75, 3.05) is 40.5 Å². The van der Waals surface area contributed by atoms with E-state index in [0.717, 1.165) is 5.56 Å². The molecule has 11 heteroatoms. The molecule has 0 saturated carbocycles. The zero-order valence-corrected chi connectivity index (χ0v) is 19.7. The normalized spacial score (nSPS) is 14.5. The maximum absolute atomic E-state index is 12.8. The summed E-state index contributed by atoms with van der Waals surface area (Å²) in [5, 5.41) is 2.83. The first kappa shape index (κ1) is 23.7. The fourth-order valence-corrected chi connectivity index (χ4v) is 4.98. The Kier molecular flexibility index (Phi) is 7.15. The van der Waals surface area contributed by atoms with Crippen LogP contribution in [0.15, 0.2) is 59.9 Å². The predicted molar refractivity (Wildman–Crippen MR) is 124 cm³/mol. The van der Waals surface area contributed by atoms with E-state index in [4.69, 9.17) is 14.2 Å². The van der Waals surface area contributed by atoms with Crippen molar-refractivity contribution >= 4 is 15.9 Å². The van der Waals surface area contributed by atoms with Crippen molar-refractivity contribution in [1.82, 2.24) is 19.2 Å². The highest BCUT2D eigenvalue weighted by atomic mass is 32.2. The number of carbonyl (C=O) groups excluding carboxylic acids is 1. The van der Waals surface area contributed by atoms with Crippen LogP contribution in [0.4, 0.5) is 0 Å². The fraction of sp³-hybridized carbons (Fsp3) is 0.304. The lowest BCUT2D eigenvalue weighted by Gasteiger charge is -2.26. The molecule has 2 heterocycles. The molecule has 1 aliphatic heterocycles. The van der Waals surface area contributed by atoms with Gasteiger partial charge in [0, 0.05) is 43.1 Å². The van der Waals surface area contributed by atoms with E-state index in [1.165, 1.54) is 10.6 Å². The topological polar surface area (TPSA) is 112 Å². The minimum absolute atomic E-state index is 0.213.